The fourth-order valence-electron chi connectivity index (χ4n) is 5.38. The molecule has 4 aromatic rings. The molecular weight excluding hydrogens is 500 g/mol. The van der Waals surface area contributed by atoms with E-state index in [1.165, 1.54) is 5.56 Å². The monoisotopic (exact) mass is 542 g/mol. The third-order valence-corrected chi connectivity index (χ3v) is 7.62. The first-order valence-corrected chi connectivity index (χ1v) is 13.5. The van der Waals surface area contributed by atoms with Gasteiger partial charge in [0.05, 0.1) is 33.3 Å². The molecule has 0 saturated carbocycles. The van der Waals surface area contributed by atoms with Gasteiger partial charge in [0.1, 0.15) is 5.65 Å². The molecule has 7 heteroatoms. The van der Waals surface area contributed by atoms with Crippen molar-refractivity contribution in [2.75, 3.05) is 39.7 Å². The minimum atomic E-state index is 0. The number of hydrogen-bond acceptors (Lipinski definition) is 6. The van der Waals surface area contributed by atoms with Gasteiger partial charge in [-0.25, -0.2) is 4.98 Å². The van der Waals surface area contributed by atoms with Crippen LogP contribution in [0.4, 0.5) is 5.69 Å². The summed E-state index contributed by atoms with van der Waals surface area (Å²) >= 11 is 0. The van der Waals surface area contributed by atoms with Gasteiger partial charge >= 0.3 is 0 Å². The smallest absolute Gasteiger partial charge is 0.161 e. The van der Waals surface area contributed by atoms with Crippen LogP contribution >= 0.6 is 0 Å². The van der Waals surface area contributed by atoms with Gasteiger partial charge in [0, 0.05) is 49.0 Å². The molecule has 212 valence electrons. The van der Waals surface area contributed by atoms with Crippen LogP contribution < -0.4 is 14.8 Å². The summed E-state index contributed by atoms with van der Waals surface area (Å²) in [6.45, 7) is 6.09. The maximum absolute atomic E-state index is 5.51. The quantitative estimate of drug-likeness (QED) is 0.226. The second-order valence-electron chi connectivity index (χ2n) is 10.2. The highest BCUT2D eigenvalue weighted by molar-refractivity contribution is 5.94. The number of methoxy groups -OCH3 is 3. The topological polar surface area (TPSA) is 60.8 Å². The summed E-state index contributed by atoms with van der Waals surface area (Å²) in [5.74, 6) is 1.99. The first-order chi connectivity index (χ1) is 19.1. The van der Waals surface area contributed by atoms with E-state index in [1.54, 1.807) is 27.6 Å². The molecule has 1 N–H and O–H groups in total. The summed E-state index contributed by atoms with van der Waals surface area (Å²) in [7, 11) is 4.98. The van der Waals surface area contributed by atoms with Crippen LogP contribution in [0.5, 0.6) is 11.5 Å². The van der Waals surface area contributed by atoms with E-state index in [2.05, 4.69) is 70.4 Å². The number of fused-ring (bicyclic) bond motifs is 1. The first kappa shape index (κ1) is 29.0. The summed E-state index contributed by atoms with van der Waals surface area (Å²) in [6.07, 6.45) is 8.88. The van der Waals surface area contributed by atoms with Gasteiger partial charge in [0.15, 0.2) is 11.5 Å². The number of nitrogens with one attached hydrogen (secondary N) is 1. The number of anilines is 1. The van der Waals surface area contributed by atoms with Crippen LogP contribution in [-0.4, -0.2) is 54.9 Å². The SMILES string of the molecule is C.COC=Cc1cnc2c(ccn2Cc2ccc(OC)c(OC)c2)c1N[C@H]1CN(Cc2ccccc2)CC[C@H]1C. The molecule has 2 atom stereocenters. The van der Waals surface area contributed by atoms with Crippen LogP contribution in [0.15, 0.2) is 73.3 Å². The highest BCUT2D eigenvalue weighted by Gasteiger charge is 2.27. The number of nitrogens with zero attached hydrogens (tertiary/aromatic N) is 3. The number of hydrogen-bond donors (Lipinski definition) is 1. The summed E-state index contributed by atoms with van der Waals surface area (Å²) in [4.78, 5) is 7.41. The molecule has 1 fully saturated rings. The minimum Gasteiger partial charge on any atom is -0.504 e. The maximum atomic E-state index is 5.51. The molecule has 5 rings (SSSR count). The zero-order valence-electron chi connectivity index (χ0n) is 23.3. The third-order valence-electron chi connectivity index (χ3n) is 7.62. The van der Waals surface area contributed by atoms with Crippen LogP contribution in [-0.2, 0) is 17.8 Å². The third kappa shape index (κ3) is 6.42. The van der Waals surface area contributed by atoms with E-state index in [-0.39, 0.29) is 7.43 Å². The average Bonchev–Trinajstić information content (AvgIpc) is 3.37. The number of piperidine rings is 1. The van der Waals surface area contributed by atoms with Gasteiger partial charge in [-0.05, 0) is 54.3 Å². The lowest BCUT2D eigenvalue weighted by atomic mass is 9.92. The van der Waals surface area contributed by atoms with E-state index < -0.39 is 0 Å². The highest BCUT2D eigenvalue weighted by atomic mass is 16.5. The van der Waals surface area contributed by atoms with E-state index in [0.29, 0.717) is 18.5 Å². The van der Waals surface area contributed by atoms with Gasteiger partial charge in [-0.3, -0.25) is 4.90 Å². The van der Waals surface area contributed by atoms with E-state index in [1.807, 2.05) is 24.4 Å². The molecule has 0 unspecified atom stereocenters. The predicted octanol–water partition coefficient (Wildman–Crippen LogP) is 6.68. The Morgan fingerprint density at radius 1 is 0.975 bits per heavy atom. The maximum Gasteiger partial charge on any atom is 0.161 e. The molecule has 0 aliphatic carbocycles. The number of ether oxygens (including phenoxy) is 3. The molecule has 1 aliphatic heterocycles. The van der Waals surface area contributed by atoms with E-state index >= 15 is 0 Å². The molecule has 0 bridgehead atoms. The van der Waals surface area contributed by atoms with E-state index in [9.17, 15) is 0 Å². The van der Waals surface area contributed by atoms with Gasteiger partial charge in [0.25, 0.3) is 0 Å². The van der Waals surface area contributed by atoms with Crippen molar-refractivity contribution in [3.8, 4) is 11.5 Å². The Labute approximate surface area is 238 Å². The largest absolute Gasteiger partial charge is 0.504 e. The molecular formula is C33H42N4O3. The summed E-state index contributed by atoms with van der Waals surface area (Å²) in [5.41, 5.74) is 5.51. The van der Waals surface area contributed by atoms with Gasteiger partial charge < -0.3 is 24.1 Å². The zero-order chi connectivity index (χ0) is 27.2. The van der Waals surface area contributed by atoms with Gasteiger partial charge in [0.2, 0.25) is 0 Å². The summed E-state index contributed by atoms with van der Waals surface area (Å²) in [5, 5.41) is 5.04. The van der Waals surface area contributed by atoms with Crippen LogP contribution in [0.25, 0.3) is 17.1 Å². The minimum absolute atomic E-state index is 0. The Bertz CT molecular complexity index is 1420. The molecule has 0 radical (unpaired) electrons. The standard InChI is InChI=1S/C32H38N4O3.CH4/c1-23-12-15-35(20-24-8-6-5-7-9-24)22-28(23)34-31-26(14-17-37-2)19-33-32-27(31)13-16-36(32)21-25-10-11-29(38-3)30(18-25)39-4;/h5-11,13-14,16-19,23,28H,12,15,20-22H2,1-4H3,(H,33,34);1H4/t23-,28+;/m1./s1. The molecule has 0 amide bonds. The number of rotatable bonds is 10. The molecule has 0 spiro atoms. The van der Waals surface area contributed by atoms with Gasteiger partial charge in [-0.1, -0.05) is 50.7 Å². The normalized spacial score (nSPS) is 17.5. The number of aromatic nitrogens is 2. The predicted molar refractivity (Wildman–Crippen MR) is 164 cm³/mol. The van der Waals surface area contributed by atoms with Crippen molar-refractivity contribution in [3.05, 3.63) is 89.9 Å². The molecule has 3 heterocycles. The number of likely N-dealkylation sites (tertiary alicyclic amines) is 1. The zero-order valence-corrected chi connectivity index (χ0v) is 23.3. The second-order valence-corrected chi connectivity index (χ2v) is 10.2. The summed E-state index contributed by atoms with van der Waals surface area (Å²) in [6, 6.07) is 19.2. The lowest BCUT2D eigenvalue weighted by molar-refractivity contribution is 0.170. The van der Waals surface area contributed by atoms with E-state index in [4.69, 9.17) is 19.2 Å². The fraction of sp³-hybridized carbons (Fsp3) is 0.364. The van der Waals surface area contributed by atoms with E-state index in [0.717, 1.165) is 65.4 Å². The highest BCUT2D eigenvalue weighted by Crippen LogP contribution is 2.33. The summed E-state index contributed by atoms with van der Waals surface area (Å²) < 4.78 is 18.4. The van der Waals surface area contributed by atoms with Crippen LogP contribution in [0, 0.1) is 5.92 Å². The van der Waals surface area contributed by atoms with Crippen LogP contribution in [0.3, 0.4) is 0 Å². The second kappa shape index (κ2) is 13.4. The fourth-order valence-corrected chi connectivity index (χ4v) is 5.38. The lowest BCUT2D eigenvalue weighted by Gasteiger charge is -2.38. The van der Waals surface area contributed by atoms with Crippen molar-refractivity contribution < 1.29 is 14.2 Å². The number of benzene rings is 2. The Morgan fingerprint density at radius 2 is 1.77 bits per heavy atom. The van der Waals surface area contributed by atoms with Crippen molar-refractivity contribution in [2.24, 2.45) is 5.92 Å². The van der Waals surface area contributed by atoms with Crippen molar-refractivity contribution in [1.29, 1.82) is 0 Å². The van der Waals surface area contributed by atoms with Crippen molar-refractivity contribution >= 4 is 22.8 Å². The van der Waals surface area contributed by atoms with Crippen molar-refractivity contribution in [1.82, 2.24) is 14.5 Å². The van der Waals surface area contributed by atoms with Gasteiger partial charge in [-0.2, -0.15) is 0 Å². The van der Waals surface area contributed by atoms with Crippen molar-refractivity contribution in [3.63, 3.8) is 0 Å². The molecule has 40 heavy (non-hydrogen) atoms. The molecule has 1 saturated heterocycles. The molecule has 7 nitrogen and oxygen atoms in total. The number of pyridine rings is 1. The Balaban J connectivity index is 0.00000370. The van der Waals surface area contributed by atoms with Crippen LogP contribution in [0.1, 0.15) is 37.5 Å². The Kier molecular flexibility index (Phi) is 9.72. The van der Waals surface area contributed by atoms with Gasteiger partial charge in [-0.15, -0.1) is 0 Å². The van der Waals surface area contributed by atoms with Crippen LogP contribution in [0.2, 0.25) is 0 Å². The molecule has 2 aromatic heterocycles. The Morgan fingerprint density at radius 3 is 2.52 bits per heavy atom. The van der Waals surface area contributed by atoms with Crippen molar-refractivity contribution in [2.45, 2.75) is 39.9 Å². The average molecular weight is 543 g/mol. The Hall–Kier alpha value is -3.97. The lowest BCUT2D eigenvalue weighted by Crippen LogP contribution is -2.46. The molecule has 2 aromatic carbocycles. The molecule has 1 aliphatic rings. The first-order valence-electron chi connectivity index (χ1n) is 13.5.